The zero-order valence-electron chi connectivity index (χ0n) is 12.8. The van der Waals surface area contributed by atoms with Gasteiger partial charge in [-0.3, -0.25) is 0 Å². The monoisotopic (exact) mass is 239 g/mol. The van der Waals surface area contributed by atoms with E-state index in [1.165, 1.54) is 25.7 Å². The van der Waals surface area contributed by atoms with E-state index in [1.54, 1.807) is 0 Å². The lowest BCUT2D eigenvalue weighted by molar-refractivity contribution is 0.151. The molecule has 0 radical (unpaired) electrons. The predicted octanol–water partition coefficient (Wildman–Crippen LogP) is 4.47. The Morgan fingerprint density at radius 1 is 1.12 bits per heavy atom. The third kappa shape index (κ3) is 4.28. The normalized spacial score (nSPS) is 33.7. The molecule has 1 fully saturated rings. The molecule has 0 aromatic heterocycles. The number of nitrogens with one attached hydrogen (secondary N) is 1. The number of hydrogen-bond donors (Lipinski definition) is 1. The van der Waals surface area contributed by atoms with Gasteiger partial charge in [-0.15, -0.1) is 0 Å². The van der Waals surface area contributed by atoms with E-state index in [0.717, 1.165) is 29.7 Å². The molecule has 1 heteroatoms. The summed E-state index contributed by atoms with van der Waals surface area (Å²) in [5.74, 6) is 3.41. The molecule has 1 N–H and O–H groups in total. The maximum absolute atomic E-state index is 3.93. The maximum atomic E-state index is 3.93. The van der Waals surface area contributed by atoms with Crippen LogP contribution >= 0.6 is 0 Å². The van der Waals surface area contributed by atoms with Gasteiger partial charge in [-0.2, -0.15) is 0 Å². The van der Waals surface area contributed by atoms with Gasteiger partial charge in [0.05, 0.1) is 0 Å². The molecule has 0 heterocycles. The van der Waals surface area contributed by atoms with Crippen molar-refractivity contribution >= 4 is 0 Å². The number of rotatable bonds is 5. The second-order valence-electron chi connectivity index (χ2n) is 6.77. The summed E-state index contributed by atoms with van der Waals surface area (Å²) in [6.07, 6.45) is 5.51. The minimum atomic E-state index is 0.663. The van der Waals surface area contributed by atoms with Gasteiger partial charge in [-0.25, -0.2) is 0 Å². The van der Waals surface area contributed by atoms with Crippen molar-refractivity contribution in [1.82, 2.24) is 5.32 Å². The van der Waals surface area contributed by atoms with E-state index in [0.29, 0.717) is 6.04 Å². The fourth-order valence-electron chi connectivity index (χ4n) is 3.25. The average Bonchev–Trinajstić information content (AvgIpc) is 2.27. The van der Waals surface area contributed by atoms with Gasteiger partial charge in [0.15, 0.2) is 0 Å². The van der Waals surface area contributed by atoms with Crippen LogP contribution in [0.2, 0.25) is 0 Å². The highest BCUT2D eigenvalue weighted by Gasteiger charge is 2.31. The summed E-state index contributed by atoms with van der Waals surface area (Å²) in [7, 11) is 0. The summed E-state index contributed by atoms with van der Waals surface area (Å²) < 4.78 is 0. The van der Waals surface area contributed by atoms with Gasteiger partial charge in [0.2, 0.25) is 0 Å². The van der Waals surface area contributed by atoms with Crippen molar-refractivity contribution in [3.05, 3.63) is 0 Å². The standard InChI is InChI=1S/C16H33N/c1-7-13(5)14(6)17-16-10-12(4)8-9-15(16)11(2)3/h11-17H,7-10H2,1-6H3. The molecular formula is C16H33N. The van der Waals surface area contributed by atoms with Crippen LogP contribution in [0.25, 0.3) is 0 Å². The molecule has 0 spiro atoms. The van der Waals surface area contributed by atoms with E-state index in [9.17, 15) is 0 Å². The molecule has 0 amide bonds. The molecule has 102 valence electrons. The molecule has 1 aliphatic carbocycles. The highest BCUT2D eigenvalue weighted by atomic mass is 15.0. The van der Waals surface area contributed by atoms with Crippen LogP contribution in [0.15, 0.2) is 0 Å². The Hall–Kier alpha value is -0.0400. The first-order valence-electron chi connectivity index (χ1n) is 7.71. The molecule has 0 aromatic rings. The Morgan fingerprint density at radius 2 is 1.76 bits per heavy atom. The molecule has 0 aliphatic heterocycles. The Morgan fingerprint density at radius 3 is 2.29 bits per heavy atom. The van der Waals surface area contributed by atoms with Gasteiger partial charge >= 0.3 is 0 Å². The molecule has 0 saturated heterocycles. The van der Waals surface area contributed by atoms with Crippen molar-refractivity contribution in [2.24, 2.45) is 23.7 Å². The molecule has 0 aromatic carbocycles. The zero-order chi connectivity index (χ0) is 13.0. The van der Waals surface area contributed by atoms with Gasteiger partial charge in [-0.1, -0.05) is 47.5 Å². The second kappa shape index (κ2) is 6.78. The summed E-state index contributed by atoms with van der Waals surface area (Å²) in [6, 6.07) is 1.42. The highest BCUT2D eigenvalue weighted by Crippen LogP contribution is 2.34. The lowest BCUT2D eigenvalue weighted by Crippen LogP contribution is -2.48. The minimum absolute atomic E-state index is 0.663. The van der Waals surface area contributed by atoms with Crippen molar-refractivity contribution in [3.63, 3.8) is 0 Å². The Labute approximate surface area is 109 Å². The molecule has 1 rings (SSSR count). The Kier molecular flexibility index (Phi) is 5.99. The first kappa shape index (κ1) is 15.0. The van der Waals surface area contributed by atoms with Crippen molar-refractivity contribution in [1.29, 1.82) is 0 Å². The summed E-state index contributed by atoms with van der Waals surface area (Å²) >= 11 is 0. The zero-order valence-corrected chi connectivity index (χ0v) is 12.8. The molecule has 5 atom stereocenters. The van der Waals surface area contributed by atoms with Crippen molar-refractivity contribution in [2.45, 2.75) is 79.3 Å². The molecule has 1 nitrogen and oxygen atoms in total. The lowest BCUT2D eigenvalue weighted by atomic mass is 9.73. The summed E-state index contributed by atoms with van der Waals surface area (Å²) in [4.78, 5) is 0. The van der Waals surface area contributed by atoms with Crippen LogP contribution in [0.3, 0.4) is 0 Å². The summed E-state index contributed by atoms with van der Waals surface area (Å²) in [6.45, 7) is 14.2. The first-order valence-corrected chi connectivity index (χ1v) is 7.71. The van der Waals surface area contributed by atoms with E-state index in [1.807, 2.05) is 0 Å². The molecule has 0 bridgehead atoms. The fourth-order valence-corrected chi connectivity index (χ4v) is 3.25. The quantitative estimate of drug-likeness (QED) is 0.746. The van der Waals surface area contributed by atoms with Crippen molar-refractivity contribution in [3.8, 4) is 0 Å². The Bertz CT molecular complexity index is 212. The smallest absolute Gasteiger partial charge is 0.0103 e. The minimum Gasteiger partial charge on any atom is -0.311 e. The third-order valence-corrected chi connectivity index (χ3v) is 5.00. The largest absolute Gasteiger partial charge is 0.311 e. The fraction of sp³-hybridized carbons (Fsp3) is 1.00. The molecule has 1 saturated carbocycles. The topological polar surface area (TPSA) is 12.0 Å². The second-order valence-corrected chi connectivity index (χ2v) is 6.77. The van der Waals surface area contributed by atoms with Crippen LogP contribution in [0.4, 0.5) is 0 Å². The lowest BCUT2D eigenvalue weighted by Gasteiger charge is -2.40. The number of hydrogen-bond acceptors (Lipinski definition) is 1. The van der Waals surface area contributed by atoms with E-state index >= 15 is 0 Å². The van der Waals surface area contributed by atoms with Gasteiger partial charge < -0.3 is 5.32 Å². The molecular weight excluding hydrogens is 206 g/mol. The van der Waals surface area contributed by atoms with E-state index in [4.69, 9.17) is 0 Å². The molecule has 17 heavy (non-hydrogen) atoms. The van der Waals surface area contributed by atoms with Crippen LogP contribution in [0.5, 0.6) is 0 Å². The molecule has 1 aliphatic rings. The summed E-state index contributed by atoms with van der Waals surface area (Å²) in [5, 5.41) is 3.93. The van der Waals surface area contributed by atoms with Crippen LogP contribution < -0.4 is 5.32 Å². The van der Waals surface area contributed by atoms with Crippen molar-refractivity contribution in [2.75, 3.05) is 0 Å². The van der Waals surface area contributed by atoms with E-state index in [-0.39, 0.29) is 0 Å². The predicted molar refractivity (Wildman–Crippen MR) is 77.2 cm³/mol. The van der Waals surface area contributed by atoms with Crippen LogP contribution in [-0.2, 0) is 0 Å². The van der Waals surface area contributed by atoms with E-state index < -0.39 is 0 Å². The molecule has 5 unspecified atom stereocenters. The van der Waals surface area contributed by atoms with Crippen LogP contribution in [0, 0.1) is 23.7 Å². The van der Waals surface area contributed by atoms with Crippen molar-refractivity contribution < 1.29 is 0 Å². The van der Waals surface area contributed by atoms with Gasteiger partial charge in [-0.05, 0) is 43.4 Å². The first-order chi connectivity index (χ1) is 7.95. The third-order valence-electron chi connectivity index (χ3n) is 5.00. The van der Waals surface area contributed by atoms with Gasteiger partial charge in [0.1, 0.15) is 0 Å². The average molecular weight is 239 g/mol. The SMILES string of the molecule is CCC(C)C(C)NC1CC(C)CCC1C(C)C. The van der Waals surface area contributed by atoms with Crippen LogP contribution in [0.1, 0.15) is 67.2 Å². The highest BCUT2D eigenvalue weighted by molar-refractivity contribution is 4.87. The van der Waals surface area contributed by atoms with Gasteiger partial charge in [0.25, 0.3) is 0 Å². The maximum Gasteiger partial charge on any atom is 0.0103 e. The van der Waals surface area contributed by atoms with E-state index in [2.05, 4.69) is 46.9 Å². The Balaban J connectivity index is 2.57. The summed E-state index contributed by atoms with van der Waals surface area (Å²) in [5.41, 5.74) is 0. The van der Waals surface area contributed by atoms with Gasteiger partial charge in [0, 0.05) is 12.1 Å². The van der Waals surface area contributed by atoms with Crippen LogP contribution in [-0.4, -0.2) is 12.1 Å².